The van der Waals surface area contributed by atoms with Gasteiger partial charge in [0.2, 0.25) is 0 Å². The van der Waals surface area contributed by atoms with E-state index in [9.17, 15) is 14.4 Å². The van der Waals surface area contributed by atoms with E-state index in [4.69, 9.17) is 14.2 Å². The van der Waals surface area contributed by atoms with Crippen LogP contribution < -0.4 is 0 Å². The SMILES string of the molecule is CC/C=C\C/C=C\C/C=C\C/C=C\CCCCCCC(=O)OC[C@H](COC(=O)CCCCCCC/C=C\CCCC)OC(=O)CCCCCCC/C=C\C/C=C\C/C=C\CC. The number of unbranched alkanes of at least 4 members (excludes halogenated alkanes) is 16. The second-order valence-corrected chi connectivity index (χ2v) is 16.0. The molecule has 0 rings (SSSR count). The normalized spacial score (nSPS) is 12.9. The van der Waals surface area contributed by atoms with Crippen LogP contribution in [0.15, 0.2) is 97.2 Å². The Hall–Kier alpha value is -3.67. The van der Waals surface area contributed by atoms with Gasteiger partial charge in [-0.25, -0.2) is 0 Å². The Morgan fingerprint density at radius 3 is 1.02 bits per heavy atom. The highest BCUT2D eigenvalue weighted by molar-refractivity contribution is 5.71. The fourth-order valence-electron chi connectivity index (χ4n) is 6.37. The predicted octanol–water partition coefficient (Wildman–Crippen LogP) is 16.2. The molecule has 0 aromatic heterocycles. The predicted molar refractivity (Wildman–Crippen MR) is 260 cm³/mol. The van der Waals surface area contributed by atoms with Gasteiger partial charge in [0, 0.05) is 19.3 Å². The number of hydrogen-bond acceptors (Lipinski definition) is 6. The summed E-state index contributed by atoms with van der Waals surface area (Å²) in [5, 5.41) is 0. The second-order valence-electron chi connectivity index (χ2n) is 16.0. The molecule has 0 fully saturated rings. The van der Waals surface area contributed by atoms with Gasteiger partial charge in [-0.1, -0.05) is 182 Å². The Morgan fingerprint density at radius 1 is 0.344 bits per heavy atom. The highest BCUT2D eigenvalue weighted by atomic mass is 16.6. The zero-order chi connectivity index (χ0) is 44.4. The highest BCUT2D eigenvalue weighted by Gasteiger charge is 2.19. The molecule has 61 heavy (non-hydrogen) atoms. The first-order valence-corrected chi connectivity index (χ1v) is 24.7. The number of rotatable bonds is 43. The Kier molecular flexibility index (Phi) is 46.0. The van der Waals surface area contributed by atoms with Crippen LogP contribution in [-0.2, 0) is 28.6 Å². The Morgan fingerprint density at radius 2 is 0.639 bits per heavy atom. The first-order chi connectivity index (χ1) is 30.0. The molecule has 1 atom stereocenters. The molecular weight excluding hydrogens is 757 g/mol. The molecule has 0 aromatic carbocycles. The molecule has 0 spiro atoms. The minimum atomic E-state index is -0.800. The molecule has 6 nitrogen and oxygen atoms in total. The molecule has 0 aromatic rings. The van der Waals surface area contributed by atoms with E-state index in [0.29, 0.717) is 19.3 Å². The van der Waals surface area contributed by atoms with Crippen LogP contribution >= 0.6 is 0 Å². The van der Waals surface area contributed by atoms with E-state index < -0.39 is 6.10 Å². The van der Waals surface area contributed by atoms with E-state index >= 15 is 0 Å². The molecule has 0 radical (unpaired) electrons. The molecule has 6 heteroatoms. The van der Waals surface area contributed by atoms with Gasteiger partial charge in [-0.15, -0.1) is 0 Å². The van der Waals surface area contributed by atoms with Gasteiger partial charge in [0.25, 0.3) is 0 Å². The third-order valence-electron chi connectivity index (χ3n) is 10.1. The molecule has 0 aliphatic carbocycles. The summed E-state index contributed by atoms with van der Waals surface area (Å²) >= 11 is 0. The molecule has 0 aliphatic rings. The van der Waals surface area contributed by atoms with E-state index in [1.807, 2.05) is 0 Å². The average Bonchev–Trinajstić information content (AvgIpc) is 3.26. The molecule has 0 saturated carbocycles. The summed E-state index contributed by atoms with van der Waals surface area (Å²) in [6.45, 7) is 6.31. The Bertz CT molecular complexity index is 1250. The molecule has 0 unspecified atom stereocenters. The topological polar surface area (TPSA) is 78.9 Å². The quantitative estimate of drug-likeness (QED) is 0.0263. The van der Waals surface area contributed by atoms with E-state index in [2.05, 4.69) is 118 Å². The van der Waals surface area contributed by atoms with Gasteiger partial charge >= 0.3 is 17.9 Å². The van der Waals surface area contributed by atoms with Crippen LogP contribution in [0.5, 0.6) is 0 Å². The summed E-state index contributed by atoms with van der Waals surface area (Å²) in [4.78, 5) is 37.9. The maximum absolute atomic E-state index is 12.8. The lowest BCUT2D eigenvalue weighted by Gasteiger charge is -2.18. The lowest BCUT2D eigenvalue weighted by molar-refractivity contribution is -0.167. The molecule has 0 heterocycles. The molecule has 0 bridgehead atoms. The largest absolute Gasteiger partial charge is 0.462 e. The summed E-state index contributed by atoms with van der Waals surface area (Å²) in [5.41, 5.74) is 0. The summed E-state index contributed by atoms with van der Waals surface area (Å²) in [5.74, 6) is -0.955. The Balaban J connectivity index is 4.47. The maximum atomic E-state index is 12.8. The third-order valence-corrected chi connectivity index (χ3v) is 10.1. The van der Waals surface area contributed by atoms with Crippen molar-refractivity contribution in [3.8, 4) is 0 Å². The van der Waals surface area contributed by atoms with Crippen LogP contribution in [0.2, 0.25) is 0 Å². The van der Waals surface area contributed by atoms with Gasteiger partial charge in [-0.05, 0) is 109 Å². The lowest BCUT2D eigenvalue weighted by atomic mass is 10.1. The molecule has 0 N–H and O–H groups in total. The first-order valence-electron chi connectivity index (χ1n) is 24.7. The zero-order valence-electron chi connectivity index (χ0n) is 39.4. The van der Waals surface area contributed by atoms with Crippen molar-refractivity contribution < 1.29 is 28.6 Å². The van der Waals surface area contributed by atoms with Crippen molar-refractivity contribution in [2.24, 2.45) is 0 Å². The monoisotopic (exact) mass is 847 g/mol. The van der Waals surface area contributed by atoms with Gasteiger partial charge in [-0.3, -0.25) is 14.4 Å². The summed E-state index contributed by atoms with van der Waals surface area (Å²) in [7, 11) is 0. The number of esters is 3. The van der Waals surface area contributed by atoms with Crippen LogP contribution in [0.1, 0.15) is 213 Å². The van der Waals surface area contributed by atoms with Gasteiger partial charge in [-0.2, -0.15) is 0 Å². The fraction of sp³-hybridized carbons (Fsp3) is 0.655. The second kappa shape index (κ2) is 49.0. The summed E-state index contributed by atoms with van der Waals surface area (Å²) in [6.07, 6.45) is 63.9. The fourth-order valence-corrected chi connectivity index (χ4v) is 6.37. The van der Waals surface area contributed by atoms with Crippen LogP contribution in [0.3, 0.4) is 0 Å². The smallest absolute Gasteiger partial charge is 0.306 e. The molecule has 346 valence electrons. The highest BCUT2D eigenvalue weighted by Crippen LogP contribution is 2.13. The lowest BCUT2D eigenvalue weighted by Crippen LogP contribution is -2.30. The van der Waals surface area contributed by atoms with Gasteiger partial charge in [0.15, 0.2) is 6.10 Å². The van der Waals surface area contributed by atoms with Gasteiger partial charge < -0.3 is 14.2 Å². The van der Waals surface area contributed by atoms with E-state index in [-0.39, 0.29) is 31.1 Å². The third kappa shape index (κ3) is 47.2. The number of hydrogen-bond donors (Lipinski definition) is 0. The van der Waals surface area contributed by atoms with Gasteiger partial charge in [0.05, 0.1) is 0 Å². The van der Waals surface area contributed by atoms with Crippen molar-refractivity contribution in [1.29, 1.82) is 0 Å². The van der Waals surface area contributed by atoms with Crippen LogP contribution in [0.25, 0.3) is 0 Å². The van der Waals surface area contributed by atoms with Crippen molar-refractivity contribution in [1.82, 2.24) is 0 Å². The van der Waals surface area contributed by atoms with Crippen molar-refractivity contribution in [3.05, 3.63) is 97.2 Å². The summed E-state index contributed by atoms with van der Waals surface area (Å²) in [6, 6.07) is 0. The number of carbonyl (C=O) groups is 3. The zero-order valence-corrected chi connectivity index (χ0v) is 39.4. The van der Waals surface area contributed by atoms with Crippen molar-refractivity contribution >= 4 is 17.9 Å². The Labute approximate surface area is 375 Å². The number of allylic oxidation sites excluding steroid dienone is 16. The molecular formula is C55H90O6. The van der Waals surface area contributed by atoms with Crippen LogP contribution in [0.4, 0.5) is 0 Å². The first kappa shape index (κ1) is 57.3. The molecule has 0 amide bonds. The number of carbonyl (C=O) groups excluding carboxylic acids is 3. The van der Waals surface area contributed by atoms with Crippen molar-refractivity contribution in [2.75, 3.05) is 13.2 Å². The molecule has 0 saturated heterocycles. The minimum absolute atomic E-state index is 0.0985. The van der Waals surface area contributed by atoms with Crippen LogP contribution in [-0.4, -0.2) is 37.2 Å². The summed E-state index contributed by atoms with van der Waals surface area (Å²) < 4.78 is 16.7. The van der Waals surface area contributed by atoms with E-state index in [1.54, 1.807) is 0 Å². The average molecular weight is 847 g/mol. The van der Waals surface area contributed by atoms with Crippen LogP contribution in [0, 0.1) is 0 Å². The standard InChI is InChI=1S/C55H90O6/c1-4-7-10-13-16-19-22-24-26-27-29-30-33-36-39-42-45-48-54(57)60-51-52(50-59-53(56)47-44-41-38-35-32-21-18-15-12-9-6-3)61-55(58)49-46-43-40-37-34-31-28-25-23-20-17-14-11-8-5-2/h7-8,10-11,15-20,24-26,28-30,52H,4-6,9,12-14,21-23,27,31-51H2,1-3H3/b10-7-,11-8-,18-15-,19-16-,20-17-,26-24-,28-25-,30-29-/t52-/m0/s1. The maximum Gasteiger partial charge on any atom is 0.306 e. The van der Waals surface area contributed by atoms with Crippen molar-refractivity contribution in [3.63, 3.8) is 0 Å². The number of ether oxygens (including phenoxy) is 3. The van der Waals surface area contributed by atoms with Gasteiger partial charge in [0.1, 0.15) is 13.2 Å². The van der Waals surface area contributed by atoms with E-state index in [1.165, 1.54) is 25.7 Å². The molecule has 0 aliphatic heterocycles. The van der Waals surface area contributed by atoms with E-state index in [0.717, 1.165) is 148 Å². The van der Waals surface area contributed by atoms with Crippen molar-refractivity contribution in [2.45, 2.75) is 219 Å². The minimum Gasteiger partial charge on any atom is -0.462 e.